The first-order valence-corrected chi connectivity index (χ1v) is 4.45. The van der Waals surface area contributed by atoms with Crippen LogP contribution in [0.1, 0.15) is 19.4 Å². The molecule has 0 fully saturated rings. The number of aliphatic hydroxyl groups is 1. The molecule has 0 aliphatic rings. The molecule has 0 amide bonds. The summed E-state index contributed by atoms with van der Waals surface area (Å²) in [5.74, 6) is 0. The minimum absolute atomic E-state index is 0.261. The molecule has 13 heavy (non-hydrogen) atoms. The Morgan fingerprint density at radius 2 is 1.85 bits per heavy atom. The molecule has 1 atom stereocenters. The Morgan fingerprint density at radius 3 is 2.31 bits per heavy atom. The van der Waals surface area contributed by atoms with Crippen LogP contribution in [0.2, 0.25) is 0 Å². The predicted octanol–water partition coefficient (Wildman–Crippen LogP) is 2.51. The summed E-state index contributed by atoms with van der Waals surface area (Å²) in [7, 11) is 0. The van der Waals surface area contributed by atoms with E-state index in [-0.39, 0.29) is 5.41 Å². The van der Waals surface area contributed by atoms with Crippen molar-refractivity contribution in [2.45, 2.75) is 25.4 Å². The molecule has 70 valence electrons. The highest BCUT2D eigenvalue weighted by Crippen LogP contribution is 2.27. The third-order valence-corrected chi connectivity index (χ3v) is 2.48. The largest absolute Gasteiger partial charge is 0.388 e. The fourth-order valence-electron chi connectivity index (χ4n) is 1.33. The van der Waals surface area contributed by atoms with Crippen LogP contribution in [0.5, 0.6) is 0 Å². The number of hydrogen-bond donors (Lipinski definition) is 1. The van der Waals surface area contributed by atoms with Crippen molar-refractivity contribution in [3.05, 3.63) is 48.6 Å². The number of rotatable bonds is 3. The minimum Gasteiger partial charge on any atom is -0.388 e. The average molecular weight is 176 g/mol. The van der Waals surface area contributed by atoms with E-state index in [9.17, 15) is 5.11 Å². The second kappa shape index (κ2) is 3.75. The summed E-state index contributed by atoms with van der Waals surface area (Å²) in [6, 6.07) is 9.97. The van der Waals surface area contributed by atoms with Crippen LogP contribution in [0.4, 0.5) is 0 Å². The second-order valence-electron chi connectivity index (χ2n) is 3.77. The highest BCUT2D eigenvalue weighted by Gasteiger charge is 2.26. The maximum atomic E-state index is 9.72. The van der Waals surface area contributed by atoms with E-state index in [1.54, 1.807) is 6.08 Å². The molecule has 1 N–H and O–H groups in total. The van der Waals surface area contributed by atoms with Gasteiger partial charge < -0.3 is 5.11 Å². The van der Waals surface area contributed by atoms with Crippen LogP contribution in [-0.4, -0.2) is 11.2 Å². The molecule has 1 nitrogen and oxygen atoms in total. The van der Waals surface area contributed by atoms with E-state index in [2.05, 4.69) is 6.58 Å². The van der Waals surface area contributed by atoms with Crippen molar-refractivity contribution in [3.63, 3.8) is 0 Å². The summed E-state index contributed by atoms with van der Waals surface area (Å²) in [6.45, 7) is 7.62. The molecule has 0 spiro atoms. The zero-order chi connectivity index (χ0) is 9.90. The molecule has 1 aromatic carbocycles. The SMILES string of the molecule is C=CC(O)C(C)(C)c1ccccc1. The third-order valence-electron chi connectivity index (χ3n) is 2.48. The lowest BCUT2D eigenvalue weighted by molar-refractivity contribution is 0.145. The summed E-state index contributed by atoms with van der Waals surface area (Å²) < 4.78 is 0. The standard InChI is InChI=1S/C12H16O/c1-4-11(13)12(2,3)10-8-6-5-7-9-10/h4-9,11,13H,1H2,2-3H3. The van der Waals surface area contributed by atoms with Crippen LogP contribution in [0.3, 0.4) is 0 Å². The van der Waals surface area contributed by atoms with Gasteiger partial charge in [0.1, 0.15) is 0 Å². The summed E-state index contributed by atoms with van der Waals surface area (Å²) in [5, 5.41) is 9.72. The van der Waals surface area contributed by atoms with Crippen molar-refractivity contribution in [1.82, 2.24) is 0 Å². The lowest BCUT2D eigenvalue weighted by Crippen LogP contribution is -2.31. The summed E-state index contributed by atoms with van der Waals surface area (Å²) >= 11 is 0. The molecule has 0 aliphatic carbocycles. The molecule has 0 aromatic heterocycles. The van der Waals surface area contributed by atoms with E-state index < -0.39 is 6.10 Å². The predicted molar refractivity (Wildman–Crippen MR) is 55.7 cm³/mol. The van der Waals surface area contributed by atoms with Gasteiger partial charge in [-0.2, -0.15) is 0 Å². The second-order valence-corrected chi connectivity index (χ2v) is 3.77. The van der Waals surface area contributed by atoms with Gasteiger partial charge in [-0.15, -0.1) is 6.58 Å². The summed E-state index contributed by atoms with van der Waals surface area (Å²) in [5.41, 5.74) is 0.866. The van der Waals surface area contributed by atoms with E-state index in [1.807, 2.05) is 44.2 Å². The molecule has 0 bridgehead atoms. The van der Waals surface area contributed by atoms with Crippen LogP contribution < -0.4 is 0 Å². The molecule has 0 radical (unpaired) electrons. The lowest BCUT2D eigenvalue weighted by Gasteiger charge is -2.28. The van der Waals surface area contributed by atoms with Crippen molar-refractivity contribution in [1.29, 1.82) is 0 Å². The Kier molecular flexibility index (Phi) is 2.89. The van der Waals surface area contributed by atoms with Crippen molar-refractivity contribution in [2.24, 2.45) is 0 Å². The van der Waals surface area contributed by atoms with Gasteiger partial charge in [-0.1, -0.05) is 50.3 Å². The van der Waals surface area contributed by atoms with E-state index in [0.717, 1.165) is 5.56 Å². The van der Waals surface area contributed by atoms with Gasteiger partial charge in [0, 0.05) is 5.41 Å². The maximum Gasteiger partial charge on any atom is 0.0809 e. The number of hydrogen-bond acceptors (Lipinski definition) is 1. The maximum absolute atomic E-state index is 9.72. The monoisotopic (exact) mass is 176 g/mol. The Hall–Kier alpha value is -1.08. The van der Waals surface area contributed by atoms with Gasteiger partial charge in [0.15, 0.2) is 0 Å². The van der Waals surface area contributed by atoms with Crippen molar-refractivity contribution in [2.75, 3.05) is 0 Å². The Balaban J connectivity index is 3.00. The Morgan fingerprint density at radius 1 is 1.31 bits per heavy atom. The van der Waals surface area contributed by atoms with Crippen molar-refractivity contribution < 1.29 is 5.11 Å². The molecule has 0 saturated carbocycles. The van der Waals surface area contributed by atoms with Gasteiger partial charge in [0.25, 0.3) is 0 Å². The molecule has 0 saturated heterocycles. The van der Waals surface area contributed by atoms with Crippen LogP contribution in [-0.2, 0) is 5.41 Å². The van der Waals surface area contributed by atoms with Crippen LogP contribution in [0.25, 0.3) is 0 Å². The fourth-order valence-corrected chi connectivity index (χ4v) is 1.33. The Labute approximate surface area is 79.7 Å². The van der Waals surface area contributed by atoms with Gasteiger partial charge in [-0.05, 0) is 5.56 Å². The smallest absolute Gasteiger partial charge is 0.0809 e. The fraction of sp³-hybridized carbons (Fsp3) is 0.333. The first-order chi connectivity index (χ1) is 6.09. The quantitative estimate of drug-likeness (QED) is 0.702. The minimum atomic E-state index is -0.505. The zero-order valence-electron chi connectivity index (χ0n) is 8.20. The first-order valence-electron chi connectivity index (χ1n) is 4.45. The zero-order valence-corrected chi connectivity index (χ0v) is 8.20. The molecule has 1 rings (SSSR count). The average Bonchev–Trinajstić information content (AvgIpc) is 2.18. The van der Waals surface area contributed by atoms with Gasteiger partial charge in [-0.25, -0.2) is 0 Å². The first kappa shape index (κ1) is 10.0. The highest BCUT2D eigenvalue weighted by atomic mass is 16.3. The lowest BCUT2D eigenvalue weighted by atomic mass is 9.79. The van der Waals surface area contributed by atoms with Gasteiger partial charge in [-0.3, -0.25) is 0 Å². The van der Waals surface area contributed by atoms with Crippen LogP contribution in [0, 0.1) is 0 Å². The van der Waals surface area contributed by atoms with Crippen molar-refractivity contribution >= 4 is 0 Å². The van der Waals surface area contributed by atoms with E-state index in [4.69, 9.17) is 0 Å². The highest BCUT2D eigenvalue weighted by molar-refractivity contribution is 5.26. The van der Waals surface area contributed by atoms with Crippen LogP contribution in [0.15, 0.2) is 43.0 Å². The normalized spacial score (nSPS) is 13.8. The molecule has 1 aromatic rings. The third kappa shape index (κ3) is 1.99. The Bertz CT molecular complexity index is 274. The van der Waals surface area contributed by atoms with E-state index in [1.165, 1.54) is 0 Å². The summed E-state index contributed by atoms with van der Waals surface area (Å²) in [6.07, 6.45) is 1.07. The molecular weight excluding hydrogens is 160 g/mol. The molecule has 1 unspecified atom stereocenters. The molecule has 0 heterocycles. The summed E-state index contributed by atoms with van der Waals surface area (Å²) in [4.78, 5) is 0. The molecular formula is C12H16O. The number of aliphatic hydroxyl groups excluding tert-OH is 1. The molecule has 0 aliphatic heterocycles. The van der Waals surface area contributed by atoms with Gasteiger partial charge in [0.05, 0.1) is 6.10 Å². The van der Waals surface area contributed by atoms with Gasteiger partial charge >= 0.3 is 0 Å². The number of benzene rings is 1. The molecule has 1 heteroatoms. The van der Waals surface area contributed by atoms with Gasteiger partial charge in [0.2, 0.25) is 0 Å². The van der Waals surface area contributed by atoms with Crippen molar-refractivity contribution in [3.8, 4) is 0 Å². The van der Waals surface area contributed by atoms with E-state index >= 15 is 0 Å². The topological polar surface area (TPSA) is 20.2 Å². The van der Waals surface area contributed by atoms with Crippen LogP contribution >= 0.6 is 0 Å². The van der Waals surface area contributed by atoms with E-state index in [0.29, 0.717) is 0 Å².